The van der Waals surface area contributed by atoms with Gasteiger partial charge in [-0.15, -0.1) is 0 Å². The Morgan fingerprint density at radius 2 is 1.96 bits per heavy atom. The van der Waals surface area contributed by atoms with Crippen molar-refractivity contribution in [1.29, 1.82) is 0 Å². The third-order valence-corrected chi connectivity index (χ3v) is 4.38. The van der Waals surface area contributed by atoms with Crippen LogP contribution in [0.15, 0.2) is 47.6 Å². The topological polar surface area (TPSA) is 44.7 Å². The fraction of sp³-hybridized carbons (Fsp3) is 0.300. The summed E-state index contributed by atoms with van der Waals surface area (Å²) < 4.78 is 14.4. The number of hydrogen-bond donors (Lipinski definition) is 1. The quantitative estimate of drug-likeness (QED) is 0.670. The molecule has 25 heavy (non-hydrogen) atoms. The van der Waals surface area contributed by atoms with Gasteiger partial charge in [0, 0.05) is 18.7 Å². The van der Waals surface area contributed by atoms with Crippen LogP contribution < -0.4 is 10.3 Å². The van der Waals surface area contributed by atoms with Gasteiger partial charge in [-0.1, -0.05) is 30.3 Å². The van der Waals surface area contributed by atoms with E-state index in [1.807, 2.05) is 43.3 Å². The van der Waals surface area contributed by atoms with E-state index < -0.39 is 0 Å². The highest BCUT2D eigenvalue weighted by Gasteiger charge is 2.17. The van der Waals surface area contributed by atoms with Crippen LogP contribution in [-0.2, 0) is 11.2 Å². The van der Waals surface area contributed by atoms with E-state index in [2.05, 4.69) is 15.4 Å². The molecule has 2 aromatic rings. The van der Waals surface area contributed by atoms with E-state index >= 15 is 0 Å². The SMILES string of the molecule is Cc1cc(N2CCCC2)c(F)cc1/C=N\NC(=O)Cc1ccccc1. The van der Waals surface area contributed by atoms with Crippen molar-refractivity contribution in [3.63, 3.8) is 0 Å². The maximum absolute atomic E-state index is 14.4. The number of rotatable bonds is 5. The molecule has 0 spiro atoms. The standard InChI is InChI=1S/C20H22FN3O/c1-15-11-19(24-9-5-6-10-24)18(21)13-17(15)14-22-23-20(25)12-16-7-3-2-4-8-16/h2-4,7-8,11,13-14H,5-6,9-10,12H2,1H3,(H,23,25)/b22-14-. The average molecular weight is 339 g/mol. The van der Waals surface area contributed by atoms with Crippen LogP contribution in [0.5, 0.6) is 0 Å². The normalized spacial score (nSPS) is 14.2. The van der Waals surface area contributed by atoms with Crippen LogP contribution in [0.1, 0.15) is 29.5 Å². The first-order valence-electron chi connectivity index (χ1n) is 8.54. The van der Waals surface area contributed by atoms with E-state index in [9.17, 15) is 9.18 Å². The molecule has 0 atom stereocenters. The van der Waals surface area contributed by atoms with Gasteiger partial charge in [0.2, 0.25) is 5.91 Å². The Morgan fingerprint density at radius 3 is 2.68 bits per heavy atom. The maximum Gasteiger partial charge on any atom is 0.244 e. The molecule has 1 aliphatic heterocycles. The van der Waals surface area contributed by atoms with Crippen molar-refractivity contribution in [3.05, 3.63) is 65.0 Å². The number of benzene rings is 2. The summed E-state index contributed by atoms with van der Waals surface area (Å²) in [6.45, 7) is 3.73. The van der Waals surface area contributed by atoms with Crippen molar-refractivity contribution in [3.8, 4) is 0 Å². The zero-order chi connectivity index (χ0) is 17.6. The lowest BCUT2D eigenvalue weighted by atomic mass is 10.1. The number of carbonyl (C=O) groups is 1. The van der Waals surface area contributed by atoms with E-state index in [1.54, 1.807) is 0 Å². The first-order valence-corrected chi connectivity index (χ1v) is 8.54. The van der Waals surface area contributed by atoms with Gasteiger partial charge in [0.15, 0.2) is 0 Å². The molecule has 1 N–H and O–H groups in total. The Kier molecular flexibility index (Phi) is 5.43. The van der Waals surface area contributed by atoms with Crippen molar-refractivity contribution < 1.29 is 9.18 Å². The minimum absolute atomic E-state index is 0.200. The molecule has 130 valence electrons. The molecule has 0 aliphatic carbocycles. The highest BCUT2D eigenvalue weighted by molar-refractivity contribution is 5.85. The third kappa shape index (κ3) is 4.44. The smallest absolute Gasteiger partial charge is 0.244 e. The molecule has 1 fully saturated rings. The van der Waals surface area contributed by atoms with Crippen LogP contribution in [-0.4, -0.2) is 25.2 Å². The molecule has 5 heteroatoms. The number of nitrogens with one attached hydrogen (secondary N) is 1. The number of hydrazone groups is 1. The van der Waals surface area contributed by atoms with Crippen LogP contribution in [0.2, 0.25) is 0 Å². The Balaban J connectivity index is 1.63. The van der Waals surface area contributed by atoms with Crippen molar-refractivity contribution in [2.45, 2.75) is 26.2 Å². The minimum Gasteiger partial charge on any atom is -0.369 e. The summed E-state index contributed by atoms with van der Waals surface area (Å²) in [5.74, 6) is -0.446. The molecule has 1 heterocycles. The van der Waals surface area contributed by atoms with E-state index in [0.29, 0.717) is 11.3 Å². The first kappa shape index (κ1) is 17.1. The second-order valence-electron chi connectivity index (χ2n) is 6.31. The number of amides is 1. The summed E-state index contributed by atoms with van der Waals surface area (Å²) in [6, 6.07) is 12.8. The predicted molar refractivity (Wildman–Crippen MR) is 98.5 cm³/mol. The highest BCUT2D eigenvalue weighted by atomic mass is 19.1. The lowest BCUT2D eigenvalue weighted by Gasteiger charge is -2.19. The van der Waals surface area contributed by atoms with Gasteiger partial charge in [-0.3, -0.25) is 4.79 Å². The van der Waals surface area contributed by atoms with Gasteiger partial charge in [0.25, 0.3) is 0 Å². The number of hydrogen-bond acceptors (Lipinski definition) is 3. The maximum atomic E-state index is 14.4. The van der Waals surface area contributed by atoms with Gasteiger partial charge >= 0.3 is 0 Å². The van der Waals surface area contributed by atoms with Crippen LogP contribution in [0.25, 0.3) is 0 Å². The summed E-state index contributed by atoms with van der Waals surface area (Å²) in [5.41, 5.74) is 5.67. The monoisotopic (exact) mass is 339 g/mol. The molecule has 3 rings (SSSR count). The number of anilines is 1. The first-order chi connectivity index (χ1) is 12.1. The Morgan fingerprint density at radius 1 is 1.24 bits per heavy atom. The molecule has 4 nitrogen and oxygen atoms in total. The second-order valence-corrected chi connectivity index (χ2v) is 6.31. The zero-order valence-corrected chi connectivity index (χ0v) is 14.3. The molecule has 1 amide bonds. The number of nitrogens with zero attached hydrogens (tertiary/aromatic N) is 2. The summed E-state index contributed by atoms with van der Waals surface area (Å²) in [5, 5.41) is 3.96. The summed E-state index contributed by atoms with van der Waals surface area (Å²) in [6.07, 6.45) is 3.97. The summed E-state index contributed by atoms with van der Waals surface area (Å²) >= 11 is 0. The molecule has 0 unspecified atom stereocenters. The zero-order valence-electron chi connectivity index (χ0n) is 14.3. The van der Waals surface area contributed by atoms with Crippen LogP contribution >= 0.6 is 0 Å². The Bertz CT molecular complexity index is 768. The van der Waals surface area contributed by atoms with Gasteiger partial charge < -0.3 is 4.90 Å². The van der Waals surface area contributed by atoms with E-state index in [0.717, 1.165) is 37.1 Å². The molecule has 2 aromatic carbocycles. The highest BCUT2D eigenvalue weighted by Crippen LogP contribution is 2.26. The third-order valence-electron chi connectivity index (χ3n) is 4.38. The number of aryl methyl sites for hydroxylation is 1. The lowest BCUT2D eigenvalue weighted by Crippen LogP contribution is -2.20. The van der Waals surface area contributed by atoms with Crippen molar-refractivity contribution in [2.75, 3.05) is 18.0 Å². The molecule has 0 bridgehead atoms. The second kappa shape index (κ2) is 7.92. The lowest BCUT2D eigenvalue weighted by molar-refractivity contribution is -0.120. The summed E-state index contributed by atoms with van der Waals surface area (Å²) in [4.78, 5) is 14.0. The molecule has 1 aliphatic rings. The largest absolute Gasteiger partial charge is 0.369 e. The van der Waals surface area contributed by atoms with Crippen LogP contribution in [0.4, 0.5) is 10.1 Å². The van der Waals surface area contributed by atoms with Crippen LogP contribution in [0.3, 0.4) is 0 Å². The molecule has 0 aromatic heterocycles. The van der Waals surface area contributed by atoms with Crippen LogP contribution in [0, 0.1) is 12.7 Å². The molecular formula is C20H22FN3O. The predicted octanol–water partition coefficient (Wildman–Crippen LogP) is 3.43. The number of carbonyl (C=O) groups excluding carboxylic acids is 1. The molecule has 0 saturated carbocycles. The van der Waals surface area contributed by atoms with Crippen molar-refractivity contribution in [2.24, 2.45) is 5.10 Å². The van der Waals surface area contributed by atoms with E-state index in [1.165, 1.54) is 12.3 Å². The van der Waals surface area contributed by atoms with Gasteiger partial charge in [0.1, 0.15) is 5.82 Å². The van der Waals surface area contributed by atoms with Gasteiger partial charge in [-0.25, -0.2) is 9.82 Å². The van der Waals surface area contributed by atoms with E-state index in [4.69, 9.17) is 0 Å². The van der Waals surface area contributed by atoms with E-state index in [-0.39, 0.29) is 18.1 Å². The summed E-state index contributed by atoms with van der Waals surface area (Å²) in [7, 11) is 0. The molecular weight excluding hydrogens is 317 g/mol. The van der Waals surface area contributed by atoms with Gasteiger partial charge in [-0.2, -0.15) is 5.10 Å². The fourth-order valence-electron chi connectivity index (χ4n) is 3.02. The van der Waals surface area contributed by atoms with Crippen molar-refractivity contribution in [1.82, 2.24) is 5.43 Å². The minimum atomic E-state index is -0.246. The Labute approximate surface area is 147 Å². The Hall–Kier alpha value is -2.69. The fourth-order valence-corrected chi connectivity index (χ4v) is 3.02. The van der Waals surface area contributed by atoms with Crippen molar-refractivity contribution >= 4 is 17.8 Å². The molecule has 1 saturated heterocycles. The average Bonchev–Trinajstić information content (AvgIpc) is 3.13. The van der Waals surface area contributed by atoms with Gasteiger partial charge in [-0.05, 0) is 43.0 Å². The van der Waals surface area contributed by atoms with Gasteiger partial charge in [0.05, 0.1) is 18.3 Å². The number of halogens is 1. The molecule has 0 radical (unpaired) electrons.